The number of hydrogen-bond acceptors (Lipinski definition) is 2. The maximum atomic E-state index is 13.0. The summed E-state index contributed by atoms with van der Waals surface area (Å²) in [5.41, 5.74) is 7.18. The Balaban J connectivity index is 2.19. The molecule has 0 unspecified atom stereocenters. The summed E-state index contributed by atoms with van der Waals surface area (Å²) in [5, 5.41) is 0. The number of amides is 1. The number of nitrogens with two attached hydrogens (primary N) is 1. The van der Waals surface area contributed by atoms with Crippen molar-refractivity contribution >= 4 is 27.5 Å². The predicted octanol–water partition coefficient (Wildman–Crippen LogP) is 3.47. The fraction of sp³-hybridized carbons (Fsp3) is 0.188. The molecule has 2 aromatic carbocycles. The van der Waals surface area contributed by atoms with Gasteiger partial charge in [-0.1, -0.05) is 28.1 Å². The molecule has 2 N–H and O–H groups in total. The van der Waals surface area contributed by atoms with E-state index >= 15 is 0 Å². The van der Waals surface area contributed by atoms with E-state index < -0.39 is 0 Å². The molecule has 2 rings (SSSR count). The van der Waals surface area contributed by atoms with Gasteiger partial charge in [0.15, 0.2) is 0 Å². The molecule has 0 aromatic heterocycles. The standard InChI is InChI=1S/C16H16BrFN2O/c17-13-3-1-2-12(10-13)11-20(9-8-16(19)21)15-6-4-14(18)5-7-15/h1-7,10H,8-9,11H2,(H2,19,21). The Hall–Kier alpha value is -1.88. The Bertz CT molecular complexity index is 616. The Morgan fingerprint density at radius 3 is 2.52 bits per heavy atom. The van der Waals surface area contributed by atoms with Crippen LogP contribution in [0, 0.1) is 5.82 Å². The molecule has 0 atom stereocenters. The van der Waals surface area contributed by atoms with Crippen molar-refractivity contribution in [1.29, 1.82) is 0 Å². The van der Waals surface area contributed by atoms with Gasteiger partial charge in [0.05, 0.1) is 0 Å². The molecule has 0 aliphatic heterocycles. The molecular formula is C16H16BrFN2O. The van der Waals surface area contributed by atoms with Gasteiger partial charge in [0.1, 0.15) is 5.82 Å². The highest BCUT2D eigenvalue weighted by Gasteiger charge is 2.09. The molecular weight excluding hydrogens is 335 g/mol. The van der Waals surface area contributed by atoms with Gasteiger partial charge in [0, 0.05) is 29.7 Å². The second kappa shape index (κ2) is 7.22. The lowest BCUT2D eigenvalue weighted by Gasteiger charge is -2.24. The van der Waals surface area contributed by atoms with Gasteiger partial charge < -0.3 is 10.6 Å². The maximum Gasteiger partial charge on any atom is 0.219 e. The Kier molecular flexibility index (Phi) is 5.33. The Morgan fingerprint density at radius 2 is 1.90 bits per heavy atom. The van der Waals surface area contributed by atoms with Gasteiger partial charge in [0.25, 0.3) is 0 Å². The highest BCUT2D eigenvalue weighted by Crippen LogP contribution is 2.20. The predicted molar refractivity (Wildman–Crippen MR) is 85.4 cm³/mol. The van der Waals surface area contributed by atoms with Crippen molar-refractivity contribution < 1.29 is 9.18 Å². The van der Waals surface area contributed by atoms with Gasteiger partial charge in [-0.25, -0.2) is 4.39 Å². The Morgan fingerprint density at radius 1 is 1.19 bits per heavy atom. The third-order valence-electron chi connectivity index (χ3n) is 3.08. The lowest BCUT2D eigenvalue weighted by molar-refractivity contribution is -0.117. The molecule has 0 radical (unpaired) electrons. The summed E-state index contributed by atoms with van der Waals surface area (Å²) in [5.74, 6) is -0.632. The molecule has 0 heterocycles. The van der Waals surface area contributed by atoms with E-state index in [2.05, 4.69) is 15.9 Å². The second-order valence-electron chi connectivity index (χ2n) is 4.74. The van der Waals surface area contributed by atoms with E-state index in [4.69, 9.17) is 5.73 Å². The third-order valence-corrected chi connectivity index (χ3v) is 3.58. The van der Waals surface area contributed by atoms with Crippen molar-refractivity contribution in [3.05, 3.63) is 64.4 Å². The topological polar surface area (TPSA) is 46.3 Å². The molecule has 2 aromatic rings. The van der Waals surface area contributed by atoms with Gasteiger partial charge in [-0.2, -0.15) is 0 Å². The summed E-state index contributed by atoms with van der Waals surface area (Å²) in [6.45, 7) is 1.12. The lowest BCUT2D eigenvalue weighted by Crippen LogP contribution is -2.27. The summed E-state index contributed by atoms with van der Waals surface area (Å²) >= 11 is 3.44. The fourth-order valence-electron chi connectivity index (χ4n) is 2.05. The summed E-state index contributed by atoms with van der Waals surface area (Å²) in [6.07, 6.45) is 0.255. The summed E-state index contributed by atoms with van der Waals surface area (Å²) < 4.78 is 14.0. The number of anilines is 1. The minimum Gasteiger partial charge on any atom is -0.370 e. The first-order chi connectivity index (χ1) is 10.0. The van der Waals surface area contributed by atoms with Crippen LogP contribution in [-0.4, -0.2) is 12.5 Å². The molecule has 3 nitrogen and oxygen atoms in total. The van der Waals surface area contributed by atoms with Crippen molar-refractivity contribution in [1.82, 2.24) is 0 Å². The number of carbonyl (C=O) groups excluding carboxylic acids is 1. The average molecular weight is 351 g/mol. The lowest BCUT2D eigenvalue weighted by atomic mass is 10.2. The summed E-state index contributed by atoms with van der Waals surface area (Å²) in [7, 11) is 0. The van der Waals surface area contributed by atoms with Crippen LogP contribution in [0.5, 0.6) is 0 Å². The van der Waals surface area contributed by atoms with Crippen LogP contribution in [0.1, 0.15) is 12.0 Å². The van der Waals surface area contributed by atoms with Gasteiger partial charge in [-0.05, 0) is 42.0 Å². The first kappa shape index (κ1) is 15.5. The number of nitrogens with zero attached hydrogens (tertiary/aromatic N) is 1. The summed E-state index contributed by atoms with van der Waals surface area (Å²) in [6, 6.07) is 14.2. The van der Waals surface area contributed by atoms with E-state index in [1.54, 1.807) is 12.1 Å². The zero-order valence-electron chi connectivity index (χ0n) is 11.4. The number of primary amides is 1. The number of carbonyl (C=O) groups is 1. The van der Waals surface area contributed by atoms with Gasteiger partial charge in [-0.15, -0.1) is 0 Å². The molecule has 0 saturated heterocycles. The van der Waals surface area contributed by atoms with Gasteiger partial charge in [0.2, 0.25) is 5.91 Å². The zero-order valence-corrected chi connectivity index (χ0v) is 13.0. The smallest absolute Gasteiger partial charge is 0.219 e. The third kappa shape index (κ3) is 4.86. The first-order valence-corrected chi connectivity index (χ1v) is 7.37. The molecule has 0 aliphatic carbocycles. The molecule has 110 valence electrons. The number of hydrogen-bond donors (Lipinski definition) is 1. The molecule has 1 amide bonds. The van der Waals surface area contributed by atoms with Crippen molar-refractivity contribution in [2.45, 2.75) is 13.0 Å². The number of halogens is 2. The minimum absolute atomic E-state index is 0.255. The van der Waals surface area contributed by atoms with Crippen LogP contribution in [0.3, 0.4) is 0 Å². The van der Waals surface area contributed by atoms with E-state index in [9.17, 15) is 9.18 Å². The average Bonchev–Trinajstić information content (AvgIpc) is 2.44. The van der Waals surface area contributed by atoms with E-state index in [0.29, 0.717) is 13.1 Å². The molecule has 21 heavy (non-hydrogen) atoms. The van der Waals surface area contributed by atoms with Crippen molar-refractivity contribution in [3.63, 3.8) is 0 Å². The van der Waals surface area contributed by atoms with Crippen LogP contribution in [0.15, 0.2) is 53.0 Å². The highest BCUT2D eigenvalue weighted by atomic mass is 79.9. The van der Waals surface area contributed by atoms with Crippen molar-refractivity contribution in [3.8, 4) is 0 Å². The van der Waals surface area contributed by atoms with Crippen LogP contribution in [0.25, 0.3) is 0 Å². The van der Waals surface area contributed by atoms with Crippen LogP contribution in [0.2, 0.25) is 0 Å². The molecule has 0 bridgehead atoms. The highest BCUT2D eigenvalue weighted by molar-refractivity contribution is 9.10. The quantitative estimate of drug-likeness (QED) is 0.866. The SMILES string of the molecule is NC(=O)CCN(Cc1cccc(Br)c1)c1ccc(F)cc1. The molecule has 0 saturated carbocycles. The molecule has 0 spiro atoms. The largest absolute Gasteiger partial charge is 0.370 e. The molecule has 0 fully saturated rings. The molecule has 5 heteroatoms. The van der Waals surface area contributed by atoms with E-state index in [1.807, 2.05) is 29.2 Å². The second-order valence-corrected chi connectivity index (χ2v) is 5.66. The van der Waals surface area contributed by atoms with Crippen LogP contribution < -0.4 is 10.6 Å². The normalized spacial score (nSPS) is 10.4. The van der Waals surface area contributed by atoms with Crippen LogP contribution in [0.4, 0.5) is 10.1 Å². The Labute approximate surface area is 131 Å². The van der Waals surface area contributed by atoms with Crippen LogP contribution in [-0.2, 0) is 11.3 Å². The van der Waals surface area contributed by atoms with E-state index in [-0.39, 0.29) is 18.1 Å². The monoisotopic (exact) mass is 350 g/mol. The number of rotatable bonds is 6. The van der Waals surface area contributed by atoms with E-state index in [0.717, 1.165) is 15.7 Å². The van der Waals surface area contributed by atoms with Crippen LogP contribution >= 0.6 is 15.9 Å². The maximum absolute atomic E-state index is 13.0. The zero-order chi connectivity index (χ0) is 15.2. The first-order valence-electron chi connectivity index (χ1n) is 6.58. The van der Waals surface area contributed by atoms with Gasteiger partial charge in [-0.3, -0.25) is 4.79 Å². The fourth-order valence-corrected chi connectivity index (χ4v) is 2.50. The van der Waals surface area contributed by atoms with E-state index in [1.165, 1.54) is 12.1 Å². The van der Waals surface area contributed by atoms with Crippen molar-refractivity contribution in [2.24, 2.45) is 5.73 Å². The summed E-state index contributed by atoms with van der Waals surface area (Å²) in [4.78, 5) is 13.0. The minimum atomic E-state index is -0.351. The van der Waals surface area contributed by atoms with Gasteiger partial charge >= 0.3 is 0 Å². The molecule has 0 aliphatic rings. The number of benzene rings is 2. The van der Waals surface area contributed by atoms with Crippen molar-refractivity contribution in [2.75, 3.05) is 11.4 Å².